The summed E-state index contributed by atoms with van der Waals surface area (Å²) in [6.45, 7) is 2.58. The zero-order chi connectivity index (χ0) is 13.0. The second-order valence-electron chi connectivity index (χ2n) is 4.12. The summed E-state index contributed by atoms with van der Waals surface area (Å²) in [5.74, 6) is 0.307. The Balaban J connectivity index is 1.98. The van der Waals surface area contributed by atoms with Crippen molar-refractivity contribution < 1.29 is 9.13 Å². The first-order valence-electron chi connectivity index (χ1n) is 5.78. The van der Waals surface area contributed by atoms with Gasteiger partial charge < -0.3 is 10.1 Å². The minimum absolute atomic E-state index is 0.220. The maximum Gasteiger partial charge on any atom is 0.131 e. The lowest BCUT2D eigenvalue weighted by molar-refractivity contribution is 0.410. The largest absolute Gasteiger partial charge is 0.497 e. The van der Waals surface area contributed by atoms with Crippen LogP contribution in [-0.2, 0) is 6.54 Å². The summed E-state index contributed by atoms with van der Waals surface area (Å²) >= 11 is 1.67. The lowest BCUT2D eigenvalue weighted by Gasteiger charge is -2.13. The van der Waals surface area contributed by atoms with Crippen LogP contribution in [0.25, 0.3) is 0 Å². The lowest BCUT2D eigenvalue weighted by atomic mass is 10.1. The third-order valence-corrected chi connectivity index (χ3v) is 3.60. The fraction of sp³-hybridized carbons (Fsp3) is 0.286. The highest BCUT2D eigenvalue weighted by Crippen LogP contribution is 2.19. The van der Waals surface area contributed by atoms with Crippen LogP contribution in [0.4, 0.5) is 4.39 Å². The molecule has 0 fully saturated rings. The Morgan fingerprint density at radius 1 is 1.39 bits per heavy atom. The first-order valence-corrected chi connectivity index (χ1v) is 6.73. The van der Waals surface area contributed by atoms with E-state index in [-0.39, 0.29) is 11.9 Å². The Morgan fingerprint density at radius 3 is 2.83 bits per heavy atom. The molecule has 0 amide bonds. The molecule has 0 aliphatic carbocycles. The third kappa shape index (κ3) is 3.09. The van der Waals surface area contributed by atoms with Crippen LogP contribution in [0.2, 0.25) is 0 Å². The van der Waals surface area contributed by atoms with Gasteiger partial charge in [-0.25, -0.2) is 4.39 Å². The molecule has 0 aliphatic rings. The van der Waals surface area contributed by atoms with E-state index in [9.17, 15) is 4.39 Å². The highest BCUT2D eigenvalue weighted by Gasteiger charge is 2.08. The average molecular weight is 265 g/mol. The van der Waals surface area contributed by atoms with Crippen LogP contribution in [0.15, 0.2) is 35.0 Å². The fourth-order valence-electron chi connectivity index (χ4n) is 1.70. The van der Waals surface area contributed by atoms with E-state index in [1.54, 1.807) is 23.5 Å². The van der Waals surface area contributed by atoms with Crippen molar-refractivity contribution in [2.24, 2.45) is 0 Å². The van der Waals surface area contributed by atoms with E-state index < -0.39 is 0 Å². The molecule has 0 spiro atoms. The van der Waals surface area contributed by atoms with Crippen molar-refractivity contribution in [3.05, 3.63) is 52.0 Å². The van der Waals surface area contributed by atoms with Gasteiger partial charge in [0.2, 0.25) is 0 Å². The van der Waals surface area contributed by atoms with E-state index in [1.807, 2.05) is 5.38 Å². The minimum atomic E-state index is -0.237. The van der Waals surface area contributed by atoms with Gasteiger partial charge in [0.25, 0.3) is 0 Å². The zero-order valence-electron chi connectivity index (χ0n) is 10.4. The van der Waals surface area contributed by atoms with Crippen molar-refractivity contribution >= 4 is 11.3 Å². The van der Waals surface area contributed by atoms with Gasteiger partial charge in [-0.15, -0.1) is 0 Å². The topological polar surface area (TPSA) is 21.3 Å². The summed E-state index contributed by atoms with van der Waals surface area (Å²) in [4.78, 5) is 0. The molecule has 0 saturated heterocycles. The van der Waals surface area contributed by atoms with Crippen LogP contribution in [0.5, 0.6) is 5.75 Å². The van der Waals surface area contributed by atoms with E-state index in [1.165, 1.54) is 18.7 Å². The quantitative estimate of drug-likeness (QED) is 0.889. The van der Waals surface area contributed by atoms with Gasteiger partial charge >= 0.3 is 0 Å². The van der Waals surface area contributed by atoms with Gasteiger partial charge in [-0.05, 0) is 35.4 Å². The second-order valence-corrected chi connectivity index (χ2v) is 4.90. The van der Waals surface area contributed by atoms with Gasteiger partial charge in [-0.2, -0.15) is 11.3 Å². The number of hydrogen-bond donors (Lipinski definition) is 1. The van der Waals surface area contributed by atoms with Crippen molar-refractivity contribution in [1.29, 1.82) is 0 Å². The van der Waals surface area contributed by atoms with Gasteiger partial charge in [-0.1, -0.05) is 6.07 Å². The van der Waals surface area contributed by atoms with E-state index in [0.717, 1.165) is 0 Å². The Bertz CT molecular complexity index is 499. The molecule has 1 aromatic heterocycles. The molecule has 0 bridgehead atoms. The number of hydrogen-bond acceptors (Lipinski definition) is 3. The van der Waals surface area contributed by atoms with Gasteiger partial charge in [0.15, 0.2) is 0 Å². The number of nitrogens with one attached hydrogen (secondary N) is 1. The number of benzene rings is 1. The predicted molar refractivity (Wildman–Crippen MR) is 72.5 cm³/mol. The summed E-state index contributed by atoms with van der Waals surface area (Å²) in [5.41, 5.74) is 1.88. The van der Waals surface area contributed by atoms with E-state index in [0.29, 0.717) is 17.9 Å². The molecule has 2 aromatic rings. The molecule has 18 heavy (non-hydrogen) atoms. The first kappa shape index (κ1) is 13.1. The molecule has 1 heterocycles. The SMILES string of the molecule is COc1ccc(CNC(C)c2ccsc2)c(F)c1. The molecule has 2 rings (SSSR count). The summed E-state index contributed by atoms with van der Waals surface area (Å²) in [6, 6.07) is 7.23. The molecule has 1 aromatic carbocycles. The zero-order valence-corrected chi connectivity index (χ0v) is 11.3. The molecule has 2 nitrogen and oxygen atoms in total. The average Bonchev–Trinajstić information content (AvgIpc) is 2.90. The highest BCUT2D eigenvalue weighted by molar-refractivity contribution is 7.07. The number of methoxy groups -OCH3 is 1. The van der Waals surface area contributed by atoms with Crippen LogP contribution in [0, 0.1) is 5.82 Å². The van der Waals surface area contributed by atoms with Crippen LogP contribution in [0.3, 0.4) is 0 Å². The number of thiophene rings is 1. The van der Waals surface area contributed by atoms with Gasteiger partial charge in [0, 0.05) is 24.2 Å². The van der Waals surface area contributed by atoms with Gasteiger partial charge in [0.05, 0.1) is 7.11 Å². The number of halogens is 1. The molecule has 96 valence electrons. The van der Waals surface area contributed by atoms with Gasteiger partial charge in [-0.3, -0.25) is 0 Å². The molecule has 1 unspecified atom stereocenters. The van der Waals surface area contributed by atoms with E-state index in [2.05, 4.69) is 23.7 Å². The third-order valence-electron chi connectivity index (χ3n) is 2.90. The predicted octanol–water partition coefficient (Wildman–Crippen LogP) is 3.75. The summed E-state index contributed by atoms with van der Waals surface area (Å²) < 4.78 is 18.7. The molecular weight excluding hydrogens is 249 g/mol. The molecule has 0 radical (unpaired) electrons. The van der Waals surface area contributed by atoms with E-state index >= 15 is 0 Å². The molecule has 0 saturated carbocycles. The second kappa shape index (κ2) is 5.98. The van der Waals surface area contributed by atoms with Crippen molar-refractivity contribution in [3.63, 3.8) is 0 Å². The van der Waals surface area contributed by atoms with Crippen LogP contribution < -0.4 is 10.1 Å². The first-order chi connectivity index (χ1) is 8.70. The van der Waals surface area contributed by atoms with Crippen molar-refractivity contribution in [2.75, 3.05) is 7.11 Å². The Morgan fingerprint density at radius 2 is 2.22 bits per heavy atom. The monoisotopic (exact) mass is 265 g/mol. The van der Waals surface area contributed by atoms with Crippen molar-refractivity contribution in [1.82, 2.24) is 5.32 Å². The summed E-state index contributed by atoms with van der Waals surface area (Å²) in [5, 5.41) is 7.45. The van der Waals surface area contributed by atoms with Gasteiger partial charge in [0.1, 0.15) is 11.6 Å². The summed E-state index contributed by atoms with van der Waals surface area (Å²) in [6.07, 6.45) is 0. The fourth-order valence-corrected chi connectivity index (χ4v) is 2.45. The molecule has 1 N–H and O–H groups in total. The number of rotatable bonds is 5. The molecule has 4 heteroatoms. The van der Waals surface area contributed by atoms with Crippen molar-refractivity contribution in [2.45, 2.75) is 19.5 Å². The molecular formula is C14H16FNOS. The summed E-state index contributed by atoms with van der Waals surface area (Å²) in [7, 11) is 1.53. The maximum absolute atomic E-state index is 13.7. The molecule has 0 aliphatic heterocycles. The Hall–Kier alpha value is -1.39. The maximum atomic E-state index is 13.7. The number of ether oxygens (including phenoxy) is 1. The van der Waals surface area contributed by atoms with Crippen LogP contribution in [-0.4, -0.2) is 7.11 Å². The Kier molecular flexibility index (Phi) is 4.33. The van der Waals surface area contributed by atoms with Crippen LogP contribution >= 0.6 is 11.3 Å². The highest BCUT2D eigenvalue weighted by atomic mass is 32.1. The van der Waals surface area contributed by atoms with Crippen molar-refractivity contribution in [3.8, 4) is 5.75 Å². The standard InChI is InChI=1S/C14H16FNOS/c1-10(12-5-6-18-9-12)16-8-11-3-4-13(17-2)7-14(11)15/h3-7,9-10,16H,8H2,1-2H3. The smallest absolute Gasteiger partial charge is 0.131 e. The molecule has 1 atom stereocenters. The Labute approximate surface area is 110 Å². The normalized spacial score (nSPS) is 12.4. The van der Waals surface area contributed by atoms with Crippen LogP contribution in [0.1, 0.15) is 24.1 Å². The lowest BCUT2D eigenvalue weighted by Crippen LogP contribution is -2.18. The minimum Gasteiger partial charge on any atom is -0.497 e. The van der Waals surface area contributed by atoms with E-state index in [4.69, 9.17) is 4.74 Å².